The quantitative estimate of drug-likeness (QED) is 0.797. The summed E-state index contributed by atoms with van der Waals surface area (Å²) in [5.74, 6) is 0.822. The van der Waals surface area contributed by atoms with Crippen LogP contribution in [-0.4, -0.2) is 29.6 Å². The fraction of sp³-hybridized carbons (Fsp3) is 0.333. The average Bonchev–Trinajstić information content (AvgIpc) is 2.44. The zero-order chi connectivity index (χ0) is 14.8. The van der Waals surface area contributed by atoms with Crippen LogP contribution in [0.5, 0.6) is 5.75 Å². The predicted molar refractivity (Wildman–Crippen MR) is 79.7 cm³/mol. The SMILES string of the molecule is CNC(=O)C(C)(C)CNc1nccc2ccc(O)cc12. The summed E-state index contributed by atoms with van der Waals surface area (Å²) in [6.45, 7) is 4.18. The fourth-order valence-electron chi connectivity index (χ4n) is 2.02. The Labute approximate surface area is 118 Å². The number of carbonyl (C=O) groups excluding carboxylic acids is 1. The normalized spacial score (nSPS) is 11.3. The van der Waals surface area contributed by atoms with Crippen molar-refractivity contribution in [1.82, 2.24) is 10.3 Å². The van der Waals surface area contributed by atoms with Crippen molar-refractivity contribution in [2.24, 2.45) is 5.41 Å². The summed E-state index contributed by atoms with van der Waals surface area (Å²) in [4.78, 5) is 16.0. The van der Waals surface area contributed by atoms with Crippen LogP contribution in [0.3, 0.4) is 0 Å². The Hall–Kier alpha value is -2.30. The van der Waals surface area contributed by atoms with Crippen LogP contribution < -0.4 is 10.6 Å². The third-order valence-corrected chi connectivity index (χ3v) is 3.29. The summed E-state index contributed by atoms with van der Waals surface area (Å²) in [5, 5.41) is 17.2. The number of amides is 1. The number of pyridine rings is 1. The lowest BCUT2D eigenvalue weighted by atomic mass is 9.92. The van der Waals surface area contributed by atoms with Gasteiger partial charge >= 0.3 is 0 Å². The van der Waals surface area contributed by atoms with Crippen molar-refractivity contribution >= 4 is 22.5 Å². The number of rotatable bonds is 4. The summed E-state index contributed by atoms with van der Waals surface area (Å²) in [5.41, 5.74) is -0.546. The zero-order valence-corrected chi connectivity index (χ0v) is 11.9. The van der Waals surface area contributed by atoms with Gasteiger partial charge in [0.1, 0.15) is 11.6 Å². The molecule has 1 aromatic carbocycles. The molecule has 3 N–H and O–H groups in total. The average molecular weight is 273 g/mol. The molecular weight excluding hydrogens is 254 g/mol. The van der Waals surface area contributed by atoms with Crippen molar-refractivity contribution in [3.8, 4) is 5.75 Å². The van der Waals surface area contributed by atoms with Gasteiger partial charge in [-0.1, -0.05) is 6.07 Å². The zero-order valence-electron chi connectivity index (χ0n) is 11.9. The second-order valence-electron chi connectivity index (χ2n) is 5.38. The minimum Gasteiger partial charge on any atom is -0.508 e. The molecule has 0 saturated carbocycles. The van der Waals surface area contributed by atoms with Crippen molar-refractivity contribution in [3.05, 3.63) is 30.5 Å². The van der Waals surface area contributed by atoms with Crippen molar-refractivity contribution < 1.29 is 9.90 Å². The Bertz CT molecular complexity index is 638. The molecule has 0 aliphatic heterocycles. The molecule has 1 heterocycles. The van der Waals surface area contributed by atoms with E-state index in [2.05, 4.69) is 15.6 Å². The standard InChI is InChI=1S/C15H19N3O2/c1-15(2,14(20)16-3)9-18-13-12-8-11(19)5-4-10(12)6-7-17-13/h4-8,19H,9H2,1-3H3,(H,16,20)(H,17,18). The van der Waals surface area contributed by atoms with E-state index in [1.807, 2.05) is 26.0 Å². The lowest BCUT2D eigenvalue weighted by molar-refractivity contribution is -0.128. The fourth-order valence-corrected chi connectivity index (χ4v) is 2.02. The molecule has 0 aliphatic rings. The highest BCUT2D eigenvalue weighted by molar-refractivity contribution is 5.93. The summed E-state index contributed by atoms with van der Waals surface area (Å²) in [6.07, 6.45) is 1.70. The third kappa shape index (κ3) is 2.82. The topological polar surface area (TPSA) is 74.2 Å². The van der Waals surface area contributed by atoms with Gasteiger partial charge in [-0.2, -0.15) is 0 Å². The molecule has 106 valence electrons. The highest BCUT2D eigenvalue weighted by Gasteiger charge is 2.26. The molecule has 0 unspecified atom stereocenters. The number of carbonyl (C=O) groups is 1. The molecule has 0 spiro atoms. The van der Waals surface area contributed by atoms with E-state index in [1.165, 1.54) is 0 Å². The number of phenolic OH excluding ortho intramolecular Hbond substituents is 1. The van der Waals surface area contributed by atoms with Crippen molar-refractivity contribution in [1.29, 1.82) is 0 Å². The molecule has 5 nitrogen and oxygen atoms in total. The third-order valence-electron chi connectivity index (χ3n) is 3.29. The lowest BCUT2D eigenvalue weighted by Crippen LogP contribution is -2.39. The lowest BCUT2D eigenvalue weighted by Gasteiger charge is -2.23. The van der Waals surface area contributed by atoms with Gasteiger partial charge in [-0.3, -0.25) is 4.79 Å². The maximum absolute atomic E-state index is 11.8. The summed E-state index contributed by atoms with van der Waals surface area (Å²) < 4.78 is 0. The van der Waals surface area contributed by atoms with Crippen LogP contribution in [0.15, 0.2) is 30.5 Å². The number of hydrogen-bond acceptors (Lipinski definition) is 4. The second-order valence-corrected chi connectivity index (χ2v) is 5.38. The van der Waals surface area contributed by atoms with E-state index in [-0.39, 0.29) is 11.7 Å². The molecule has 0 aliphatic carbocycles. The Morgan fingerprint density at radius 2 is 2.10 bits per heavy atom. The van der Waals surface area contributed by atoms with Crippen LogP contribution in [0.4, 0.5) is 5.82 Å². The molecular formula is C15H19N3O2. The molecule has 2 aromatic rings. The Morgan fingerprint density at radius 3 is 2.80 bits per heavy atom. The molecule has 1 amide bonds. The van der Waals surface area contributed by atoms with Gasteiger partial charge in [-0.05, 0) is 37.4 Å². The molecule has 0 saturated heterocycles. The molecule has 2 rings (SSSR count). The molecule has 0 atom stereocenters. The minimum absolute atomic E-state index is 0.0342. The van der Waals surface area contributed by atoms with E-state index < -0.39 is 5.41 Å². The van der Waals surface area contributed by atoms with Crippen LogP contribution in [0.1, 0.15) is 13.8 Å². The number of aromatic hydroxyl groups is 1. The Kier molecular flexibility index (Phi) is 3.79. The van der Waals surface area contributed by atoms with Gasteiger partial charge in [0.2, 0.25) is 5.91 Å². The van der Waals surface area contributed by atoms with E-state index in [0.29, 0.717) is 12.4 Å². The smallest absolute Gasteiger partial charge is 0.227 e. The monoisotopic (exact) mass is 273 g/mol. The maximum atomic E-state index is 11.8. The first-order valence-electron chi connectivity index (χ1n) is 6.48. The van der Waals surface area contributed by atoms with E-state index in [4.69, 9.17) is 0 Å². The first kappa shape index (κ1) is 14.1. The summed E-state index contributed by atoms with van der Waals surface area (Å²) in [7, 11) is 1.62. The van der Waals surface area contributed by atoms with Crippen LogP contribution in [0.2, 0.25) is 0 Å². The number of phenols is 1. The molecule has 5 heteroatoms. The number of aromatic nitrogens is 1. The van der Waals surface area contributed by atoms with Crippen molar-refractivity contribution in [2.45, 2.75) is 13.8 Å². The van der Waals surface area contributed by atoms with Gasteiger partial charge in [-0.15, -0.1) is 0 Å². The second kappa shape index (κ2) is 5.36. The minimum atomic E-state index is -0.546. The largest absolute Gasteiger partial charge is 0.508 e. The number of hydrogen-bond donors (Lipinski definition) is 3. The van der Waals surface area contributed by atoms with Gasteiger partial charge in [0.25, 0.3) is 0 Å². The highest BCUT2D eigenvalue weighted by atomic mass is 16.3. The number of nitrogens with one attached hydrogen (secondary N) is 2. The Morgan fingerprint density at radius 1 is 1.35 bits per heavy atom. The van der Waals surface area contributed by atoms with Gasteiger partial charge in [0, 0.05) is 25.2 Å². The van der Waals surface area contributed by atoms with Crippen LogP contribution >= 0.6 is 0 Å². The summed E-state index contributed by atoms with van der Waals surface area (Å²) >= 11 is 0. The first-order chi connectivity index (χ1) is 9.44. The molecule has 0 radical (unpaired) electrons. The van der Waals surface area contributed by atoms with E-state index in [1.54, 1.807) is 25.4 Å². The predicted octanol–water partition coefficient (Wildman–Crippen LogP) is 2.12. The van der Waals surface area contributed by atoms with E-state index >= 15 is 0 Å². The van der Waals surface area contributed by atoms with Crippen LogP contribution in [0.25, 0.3) is 10.8 Å². The van der Waals surface area contributed by atoms with Gasteiger partial charge in [0.15, 0.2) is 0 Å². The van der Waals surface area contributed by atoms with Gasteiger partial charge < -0.3 is 15.7 Å². The number of anilines is 1. The molecule has 0 bridgehead atoms. The van der Waals surface area contributed by atoms with E-state index in [0.717, 1.165) is 10.8 Å². The molecule has 1 aromatic heterocycles. The molecule has 20 heavy (non-hydrogen) atoms. The number of benzene rings is 1. The van der Waals surface area contributed by atoms with E-state index in [9.17, 15) is 9.90 Å². The first-order valence-corrected chi connectivity index (χ1v) is 6.48. The van der Waals surface area contributed by atoms with Crippen molar-refractivity contribution in [2.75, 3.05) is 18.9 Å². The summed E-state index contributed by atoms with van der Waals surface area (Å²) in [6, 6.07) is 7.02. The van der Waals surface area contributed by atoms with Gasteiger partial charge in [0.05, 0.1) is 5.41 Å². The van der Waals surface area contributed by atoms with Crippen LogP contribution in [-0.2, 0) is 4.79 Å². The number of nitrogens with zero attached hydrogens (tertiary/aromatic N) is 1. The molecule has 0 fully saturated rings. The highest BCUT2D eigenvalue weighted by Crippen LogP contribution is 2.26. The van der Waals surface area contributed by atoms with Crippen LogP contribution in [0, 0.1) is 5.41 Å². The van der Waals surface area contributed by atoms with Gasteiger partial charge in [-0.25, -0.2) is 4.98 Å². The number of fused-ring (bicyclic) bond motifs is 1. The Balaban J connectivity index is 2.26. The maximum Gasteiger partial charge on any atom is 0.227 e. The van der Waals surface area contributed by atoms with Crippen molar-refractivity contribution in [3.63, 3.8) is 0 Å².